The van der Waals surface area contributed by atoms with Crippen LogP contribution in [-0.2, 0) is 11.6 Å². The Hall–Kier alpha value is -2.06. The van der Waals surface area contributed by atoms with Gasteiger partial charge in [-0.2, -0.15) is 18.3 Å². The van der Waals surface area contributed by atoms with Crippen molar-refractivity contribution in [2.24, 2.45) is 0 Å². The molecule has 1 aliphatic heterocycles. The summed E-state index contributed by atoms with van der Waals surface area (Å²) in [5.74, 6) is -0.291. The molecule has 1 saturated heterocycles. The number of piperidine rings is 1. The summed E-state index contributed by atoms with van der Waals surface area (Å²) >= 11 is 0. The minimum atomic E-state index is -4.36. The van der Waals surface area contributed by atoms with Crippen LogP contribution in [0.3, 0.4) is 0 Å². The van der Waals surface area contributed by atoms with Crippen LogP contribution in [0.4, 0.5) is 13.2 Å². The van der Waals surface area contributed by atoms with E-state index in [0.29, 0.717) is 17.8 Å². The van der Waals surface area contributed by atoms with Gasteiger partial charge < -0.3 is 10.6 Å². The molecular weight excluding hydrogens is 405 g/mol. The zero-order valence-electron chi connectivity index (χ0n) is 15.8. The molecule has 1 aromatic heterocycles. The second-order valence-corrected chi connectivity index (χ2v) is 7.72. The van der Waals surface area contributed by atoms with Gasteiger partial charge in [0.2, 0.25) is 0 Å². The standard InChI is InChI=1S/C20H23F3N4O.ClH/c21-20(22,23)15-4-1-3-14(11-15)19(7-8-19)13-25-18(28)17-6-10-27(26-17)16-5-2-9-24-12-16;/h1,3-4,6,10-11,16,24H,2,5,7-9,12-13H2,(H,25,28);1H. The van der Waals surface area contributed by atoms with Crippen LogP contribution < -0.4 is 10.6 Å². The maximum Gasteiger partial charge on any atom is 0.416 e. The first-order valence-electron chi connectivity index (χ1n) is 9.59. The quantitative estimate of drug-likeness (QED) is 0.763. The Labute approximate surface area is 173 Å². The van der Waals surface area contributed by atoms with Gasteiger partial charge in [0, 0.05) is 24.7 Å². The van der Waals surface area contributed by atoms with Crippen molar-refractivity contribution in [1.82, 2.24) is 20.4 Å². The van der Waals surface area contributed by atoms with Gasteiger partial charge in [-0.3, -0.25) is 9.48 Å². The summed E-state index contributed by atoms with van der Waals surface area (Å²) in [7, 11) is 0. The molecule has 1 saturated carbocycles. The van der Waals surface area contributed by atoms with E-state index >= 15 is 0 Å². The minimum Gasteiger partial charge on any atom is -0.350 e. The Morgan fingerprint density at radius 2 is 2.10 bits per heavy atom. The Morgan fingerprint density at radius 3 is 2.76 bits per heavy atom. The molecule has 5 nitrogen and oxygen atoms in total. The molecule has 1 atom stereocenters. The highest BCUT2D eigenvalue weighted by molar-refractivity contribution is 5.92. The van der Waals surface area contributed by atoms with Crippen molar-refractivity contribution in [2.75, 3.05) is 19.6 Å². The average Bonchev–Trinajstić information content (AvgIpc) is 3.33. The second-order valence-electron chi connectivity index (χ2n) is 7.72. The molecule has 0 radical (unpaired) electrons. The average molecular weight is 429 g/mol. The SMILES string of the molecule is Cl.O=C(NCC1(c2cccc(C(F)(F)F)c2)CC1)c1ccn(C2CCCNC2)n1. The lowest BCUT2D eigenvalue weighted by atomic mass is 9.94. The summed E-state index contributed by atoms with van der Waals surface area (Å²) in [5, 5.41) is 10.6. The normalized spacial score (nSPS) is 20.6. The summed E-state index contributed by atoms with van der Waals surface area (Å²) in [4.78, 5) is 12.5. The van der Waals surface area contributed by atoms with Crippen LogP contribution in [-0.4, -0.2) is 35.3 Å². The largest absolute Gasteiger partial charge is 0.416 e. The van der Waals surface area contributed by atoms with Gasteiger partial charge in [0.1, 0.15) is 5.69 Å². The van der Waals surface area contributed by atoms with Crippen LogP contribution >= 0.6 is 12.4 Å². The van der Waals surface area contributed by atoms with Crippen LogP contribution in [0.5, 0.6) is 0 Å². The van der Waals surface area contributed by atoms with Crippen molar-refractivity contribution in [1.29, 1.82) is 0 Å². The van der Waals surface area contributed by atoms with Gasteiger partial charge in [0.15, 0.2) is 0 Å². The molecule has 2 aromatic rings. The number of carbonyl (C=O) groups excluding carboxylic acids is 1. The molecule has 158 valence electrons. The molecule has 9 heteroatoms. The smallest absolute Gasteiger partial charge is 0.350 e. The fourth-order valence-electron chi connectivity index (χ4n) is 3.81. The van der Waals surface area contributed by atoms with E-state index in [1.54, 1.807) is 12.1 Å². The second kappa shape index (κ2) is 8.36. The summed E-state index contributed by atoms with van der Waals surface area (Å²) in [5.41, 5.74) is -0.0958. The van der Waals surface area contributed by atoms with Crippen molar-refractivity contribution < 1.29 is 18.0 Å². The van der Waals surface area contributed by atoms with Crippen molar-refractivity contribution in [3.8, 4) is 0 Å². The number of nitrogens with zero attached hydrogens (tertiary/aromatic N) is 2. The molecule has 0 spiro atoms. The van der Waals surface area contributed by atoms with Crippen molar-refractivity contribution in [3.05, 3.63) is 53.3 Å². The van der Waals surface area contributed by atoms with Gasteiger partial charge in [-0.15, -0.1) is 12.4 Å². The Bertz CT molecular complexity index is 857. The van der Waals surface area contributed by atoms with E-state index in [1.807, 2.05) is 10.9 Å². The van der Waals surface area contributed by atoms with E-state index in [9.17, 15) is 18.0 Å². The third-order valence-corrected chi connectivity index (χ3v) is 5.73. The molecule has 2 aliphatic rings. The number of alkyl halides is 3. The first-order valence-corrected chi connectivity index (χ1v) is 9.59. The molecule has 2 heterocycles. The highest BCUT2D eigenvalue weighted by atomic mass is 35.5. The van der Waals surface area contributed by atoms with Gasteiger partial charge in [-0.1, -0.05) is 18.2 Å². The topological polar surface area (TPSA) is 59.0 Å². The van der Waals surface area contributed by atoms with Crippen molar-refractivity contribution in [3.63, 3.8) is 0 Å². The lowest BCUT2D eigenvalue weighted by molar-refractivity contribution is -0.137. The number of nitrogens with one attached hydrogen (secondary N) is 2. The molecule has 2 fully saturated rings. The van der Waals surface area contributed by atoms with Gasteiger partial charge in [-0.25, -0.2) is 0 Å². The third kappa shape index (κ3) is 4.75. The highest BCUT2D eigenvalue weighted by Gasteiger charge is 2.45. The van der Waals surface area contributed by atoms with Crippen molar-refractivity contribution >= 4 is 18.3 Å². The predicted molar refractivity (Wildman–Crippen MR) is 105 cm³/mol. The number of hydrogen-bond donors (Lipinski definition) is 2. The van der Waals surface area contributed by atoms with E-state index in [1.165, 1.54) is 12.1 Å². The number of aromatic nitrogens is 2. The summed E-state index contributed by atoms with van der Waals surface area (Å²) in [6, 6.07) is 7.34. The molecule has 29 heavy (non-hydrogen) atoms. The predicted octanol–water partition coefficient (Wildman–Crippen LogP) is 3.71. The molecule has 1 aliphatic carbocycles. The Kier molecular flexibility index (Phi) is 6.24. The zero-order valence-corrected chi connectivity index (χ0v) is 16.7. The van der Waals surface area contributed by atoms with E-state index in [-0.39, 0.29) is 24.4 Å². The lowest BCUT2D eigenvalue weighted by Crippen LogP contribution is -2.33. The zero-order chi connectivity index (χ0) is 19.8. The highest BCUT2D eigenvalue weighted by Crippen LogP contribution is 2.48. The van der Waals surface area contributed by atoms with Gasteiger partial charge in [0.25, 0.3) is 5.91 Å². The van der Waals surface area contributed by atoms with Gasteiger partial charge in [0.05, 0.1) is 11.6 Å². The fourth-order valence-corrected chi connectivity index (χ4v) is 3.81. The van der Waals surface area contributed by atoms with Gasteiger partial charge >= 0.3 is 6.18 Å². The van der Waals surface area contributed by atoms with Crippen LogP contribution in [0.15, 0.2) is 36.5 Å². The minimum absolute atomic E-state index is 0. The molecule has 1 aromatic carbocycles. The molecular formula is C20H24ClF3N4O. The van der Waals surface area contributed by atoms with E-state index < -0.39 is 17.2 Å². The maximum atomic E-state index is 13.0. The fraction of sp³-hybridized carbons (Fsp3) is 0.500. The van der Waals surface area contributed by atoms with E-state index in [2.05, 4.69) is 15.7 Å². The van der Waals surface area contributed by atoms with Crippen LogP contribution in [0.25, 0.3) is 0 Å². The first-order chi connectivity index (χ1) is 13.4. The van der Waals surface area contributed by atoms with Crippen LogP contribution in [0.1, 0.15) is 53.3 Å². The molecule has 1 unspecified atom stereocenters. The van der Waals surface area contributed by atoms with Gasteiger partial charge in [-0.05, 0) is 49.9 Å². The van der Waals surface area contributed by atoms with Crippen LogP contribution in [0, 0.1) is 0 Å². The monoisotopic (exact) mass is 428 g/mol. The molecule has 2 N–H and O–H groups in total. The summed E-state index contributed by atoms with van der Waals surface area (Å²) in [6.45, 7) is 2.15. The number of carbonyl (C=O) groups is 1. The van der Waals surface area contributed by atoms with Crippen molar-refractivity contribution in [2.45, 2.75) is 43.3 Å². The lowest BCUT2D eigenvalue weighted by Gasteiger charge is -2.22. The molecule has 0 bridgehead atoms. The Morgan fingerprint density at radius 1 is 1.31 bits per heavy atom. The molecule has 1 amide bonds. The summed E-state index contributed by atoms with van der Waals surface area (Å²) < 4.78 is 40.8. The van der Waals surface area contributed by atoms with E-state index in [4.69, 9.17) is 0 Å². The number of halogens is 4. The third-order valence-electron chi connectivity index (χ3n) is 5.73. The molecule has 4 rings (SSSR count). The Balaban J connectivity index is 0.00000240. The number of rotatable bonds is 5. The maximum absolute atomic E-state index is 13.0. The first kappa shape index (κ1) is 21.6. The number of hydrogen-bond acceptors (Lipinski definition) is 3. The summed E-state index contributed by atoms with van der Waals surface area (Å²) in [6.07, 6.45) is 1.07. The number of benzene rings is 1. The van der Waals surface area contributed by atoms with E-state index in [0.717, 1.165) is 44.8 Å². The van der Waals surface area contributed by atoms with Crippen LogP contribution in [0.2, 0.25) is 0 Å². The number of amides is 1.